The normalized spacial score (nSPS) is 11.3. The Kier molecular flexibility index (Phi) is 5.94. The Labute approximate surface area is 120 Å². The molecule has 1 rings (SSSR count). The molecule has 0 fully saturated rings. The molecule has 0 spiro atoms. The van der Waals surface area contributed by atoms with E-state index < -0.39 is 0 Å². The second kappa shape index (κ2) is 7.23. The number of ether oxygens (including phenoxy) is 1. The smallest absolute Gasteiger partial charge is 0.323 e. The van der Waals surface area contributed by atoms with Gasteiger partial charge in [-0.05, 0) is 25.7 Å². The zero-order valence-corrected chi connectivity index (χ0v) is 13.1. The minimum absolute atomic E-state index is 0.212. The number of hydrogen-bond acceptors (Lipinski definition) is 7. The van der Waals surface area contributed by atoms with Gasteiger partial charge >= 0.3 is 6.01 Å². The van der Waals surface area contributed by atoms with Crippen LogP contribution in [0.25, 0.3) is 0 Å². The monoisotopic (exact) mass is 282 g/mol. The number of nitrogens with two attached hydrogens (primary N) is 1. The lowest BCUT2D eigenvalue weighted by Gasteiger charge is -2.20. The first-order valence-corrected chi connectivity index (χ1v) is 7.00. The molecule has 0 saturated heterocycles. The van der Waals surface area contributed by atoms with Gasteiger partial charge in [-0.2, -0.15) is 15.0 Å². The summed E-state index contributed by atoms with van der Waals surface area (Å²) in [6.07, 6.45) is 0.921. The van der Waals surface area contributed by atoms with Crippen molar-refractivity contribution in [2.75, 3.05) is 30.0 Å². The molecule has 0 aliphatic rings. The van der Waals surface area contributed by atoms with Crippen molar-refractivity contribution in [1.29, 1.82) is 0 Å². The van der Waals surface area contributed by atoms with Crippen LogP contribution in [0.2, 0.25) is 0 Å². The lowest BCUT2D eigenvalue weighted by atomic mass is 9.93. The molecule has 0 aromatic carbocycles. The van der Waals surface area contributed by atoms with Crippen LogP contribution in [0.4, 0.5) is 11.9 Å². The van der Waals surface area contributed by atoms with Crippen LogP contribution >= 0.6 is 0 Å². The first kappa shape index (κ1) is 16.4. The number of nitrogens with zero attached hydrogens (tertiary/aromatic N) is 4. The second-order valence-electron chi connectivity index (χ2n) is 5.72. The number of nitrogen functional groups attached to an aromatic ring is 1. The highest BCUT2D eigenvalue weighted by molar-refractivity contribution is 5.37. The van der Waals surface area contributed by atoms with Gasteiger partial charge in [0.05, 0.1) is 6.61 Å². The molecule has 0 radical (unpaired) electrons. The first-order chi connectivity index (χ1) is 9.39. The molecule has 1 heterocycles. The molecule has 0 saturated carbocycles. The summed E-state index contributed by atoms with van der Waals surface area (Å²) in [5, 5.41) is 0. The number of aromatic nitrogens is 3. The van der Waals surface area contributed by atoms with E-state index in [-0.39, 0.29) is 5.41 Å². The predicted molar refractivity (Wildman–Crippen MR) is 80.8 cm³/mol. The summed E-state index contributed by atoms with van der Waals surface area (Å²) in [4.78, 5) is 14.7. The Morgan fingerprint density at radius 2 is 1.80 bits per heavy atom. The van der Waals surface area contributed by atoms with Crippen LogP contribution in [0.1, 0.15) is 41.0 Å². The predicted octanol–water partition coefficient (Wildman–Crippen LogP) is 1.82. The Bertz CT molecular complexity index is 414. The second-order valence-corrected chi connectivity index (χ2v) is 5.72. The fraction of sp³-hybridized carbons (Fsp3) is 0.769. The van der Waals surface area contributed by atoms with Gasteiger partial charge < -0.3 is 9.64 Å². The summed E-state index contributed by atoms with van der Waals surface area (Å²) >= 11 is 0. The Morgan fingerprint density at radius 3 is 2.30 bits per heavy atom. The Morgan fingerprint density at radius 1 is 1.15 bits per heavy atom. The zero-order chi connectivity index (χ0) is 15.2. The molecule has 0 unspecified atom stereocenters. The van der Waals surface area contributed by atoms with E-state index in [9.17, 15) is 0 Å². The van der Waals surface area contributed by atoms with E-state index in [0.29, 0.717) is 24.5 Å². The minimum atomic E-state index is 0.212. The summed E-state index contributed by atoms with van der Waals surface area (Å²) in [6.45, 7) is 12.8. The maximum atomic E-state index is 5.62. The number of rotatable bonds is 7. The van der Waals surface area contributed by atoms with Crippen molar-refractivity contribution in [2.45, 2.75) is 41.0 Å². The molecular formula is C13H26N6O. The van der Waals surface area contributed by atoms with E-state index in [1.165, 1.54) is 0 Å². The standard InChI is InChI=1S/C13H26N6O/c1-6-19(7-2)11-15-10(18-14)16-12(17-11)20-9-8-13(3,4)5/h6-9,14H2,1-5H3,(H,15,16,17,18). The van der Waals surface area contributed by atoms with E-state index in [0.717, 1.165) is 19.5 Å². The summed E-state index contributed by atoms with van der Waals surface area (Å²) in [7, 11) is 0. The molecule has 7 heteroatoms. The van der Waals surface area contributed by atoms with Crippen LogP contribution in [0, 0.1) is 5.41 Å². The number of hydrogen-bond donors (Lipinski definition) is 2. The van der Waals surface area contributed by atoms with Gasteiger partial charge in [-0.15, -0.1) is 0 Å². The van der Waals surface area contributed by atoms with Gasteiger partial charge in [0.15, 0.2) is 0 Å². The van der Waals surface area contributed by atoms with Gasteiger partial charge in [0.1, 0.15) is 0 Å². The molecule has 0 amide bonds. The first-order valence-electron chi connectivity index (χ1n) is 7.00. The molecule has 0 aliphatic heterocycles. The molecule has 0 bridgehead atoms. The molecule has 7 nitrogen and oxygen atoms in total. The number of hydrazine groups is 1. The molecule has 20 heavy (non-hydrogen) atoms. The third-order valence-corrected chi connectivity index (χ3v) is 2.86. The fourth-order valence-electron chi connectivity index (χ4n) is 1.57. The topological polar surface area (TPSA) is 89.2 Å². The molecule has 1 aromatic heterocycles. The van der Waals surface area contributed by atoms with Crippen molar-refractivity contribution >= 4 is 11.9 Å². The number of anilines is 2. The van der Waals surface area contributed by atoms with Crippen molar-refractivity contribution < 1.29 is 4.74 Å². The zero-order valence-electron chi connectivity index (χ0n) is 13.1. The quantitative estimate of drug-likeness (QED) is 0.582. The maximum absolute atomic E-state index is 5.62. The highest BCUT2D eigenvalue weighted by atomic mass is 16.5. The molecule has 3 N–H and O–H groups in total. The van der Waals surface area contributed by atoms with Crippen molar-refractivity contribution in [3.8, 4) is 6.01 Å². The van der Waals surface area contributed by atoms with Gasteiger partial charge in [0, 0.05) is 13.1 Å². The Hall–Kier alpha value is -1.63. The molecular weight excluding hydrogens is 256 g/mol. The summed E-state index contributed by atoms with van der Waals surface area (Å²) < 4.78 is 5.62. The van der Waals surface area contributed by atoms with Gasteiger partial charge in [-0.25, -0.2) is 5.84 Å². The molecule has 114 valence electrons. The highest BCUT2D eigenvalue weighted by Gasteiger charge is 2.14. The summed E-state index contributed by atoms with van der Waals surface area (Å²) in [5.74, 6) is 6.28. The summed E-state index contributed by atoms with van der Waals surface area (Å²) in [6, 6.07) is 0.305. The van der Waals surface area contributed by atoms with Crippen LogP contribution in [0.15, 0.2) is 0 Å². The van der Waals surface area contributed by atoms with E-state index in [2.05, 4.69) is 41.1 Å². The lowest BCUT2D eigenvalue weighted by molar-refractivity contribution is 0.229. The van der Waals surface area contributed by atoms with Crippen molar-refractivity contribution in [1.82, 2.24) is 15.0 Å². The van der Waals surface area contributed by atoms with Gasteiger partial charge in [0.2, 0.25) is 11.9 Å². The highest BCUT2D eigenvalue weighted by Crippen LogP contribution is 2.19. The molecule has 0 atom stereocenters. The summed E-state index contributed by atoms with van der Waals surface area (Å²) in [5.41, 5.74) is 2.66. The van der Waals surface area contributed by atoms with Crippen LogP contribution in [0.5, 0.6) is 6.01 Å². The largest absolute Gasteiger partial charge is 0.463 e. The van der Waals surface area contributed by atoms with E-state index >= 15 is 0 Å². The third kappa shape index (κ3) is 5.16. The lowest BCUT2D eigenvalue weighted by Crippen LogP contribution is -2.26. The molecule has 0 aliphatic carbocycles. The molecule has 1 aromatic rings. The van der Waals surface area contributed by atoms with E-state index in [4.69, 9.17) is 10.6 Å². The third-order valence-electron chi connectivity index (χ3n) is 2.86. The van der Waals surface area contributed by atoms with Crippen molar-refractivity contribution in [3.05, 3.63) is 0 Å². The van der Waals surface area contributed by atoms with Crippen LogP contribution in [-0.2, 0) is 0 Å². The van der Waals surface area contributed by atoms with Crippen LogP contribution in [-0.4, -0.2) is 34.6 Å². The van der Waals surface area contributed by atoms with Crippen molar-refractivity contribution in [3.63, 3.8) is 0 Å². The van der Waals surface area contributed by atoms with E-state index in [1.54, 1.807) is 0 Å². The average molecular weight is 282 g/mol. The van der Waals surface area contributed by atoms with Crippen LogP contribution < -0.4 is 20.9 Å². The Balaban J connectivity index is 2.82. The van der Waals surface area contributed by atoms with Gasteiger partial charge in [-0.3, -0.25) is 5.43 Å². The SMILES string of the molecule is CCN(CC)c1nc(NN)nc(OCCC(C)(C)C)n1. The minimum Gasteiger partial charge on any atom is -0.463 e. The fourth-order valence-corrected chi connectivity index (χ4v) is 1.57. The van der Waals surface area contributed by atoms with Gasteiger partial charge in [-0.1, -0.05) is 20.8 Å². The van der Waals surface area contributed by atoms with Crippen LogP contribution in [0.3, 0.4) is 0 Å². The average Bonchev–Trinajstić information content (AvgIpc) is 2.38. The number of nitrogens with one attached hydrogen (secondary N) is 1. The maximum Gasteiger partial charge on any atom is 0.323 e. The van der Waals surface area contributed by atoms with E-state index in [1.807, 2.05) is 18.7 Å². The van der Waals surface area contributed by atoms with Gasteiger partial charge in [0.25, 0.3) is 0 Å². The van der Waals surface area contributed by atoms with Crippen molar-refractivity contribution in [2.24, 2.45) is 11.3 Å².